The number of nitrogens with zero attached hydrogens (tertiary/aromatic N) is 2. The van der Waals surface area contributed by atoms with Gasteiger partial charge in [-0.2, -0.15) is 0 Å². The van der Waals surface area contributed by atoms with E-state index in [1.54, 1.807) is 7.05 Å². The Morgan fingerprint density at radius 2 is 2.17 bits per heavy atom. The monoisotopic (exact) mass is 248 g/mol. The summed E-state index contributed by atoms with van der Waals surface area (Å²) < 4.78 is 0. The molecule has 0 spiro atoms. The van der Waals surface area contributed by atoms with Crippen LogP contribution in [0, 0.1) is 0 Å². The molecular weight excluding hydrogens is 236 g/mol. The Bertz CT molecular complexity index is 551. The number of aromatic carboxylic acids is 1. The Hall–Kier alpha value is -2.37. The minimum absolute atomic E-state index is 0.101. The van der Waals surface area contributed by atoms with Gasteiger partial charge in [0.25, 0.3) is 5.91 Å². The van der Waals surface area contributed by atoms with Crippen LogP contribution in [0.1, 0.15) is 15.9 Å². The number of carbonyl (C=O) groups excluding carboxylic acids is 1. The van der Waals surface area contributed by atoms with E-state index in [0.29, 0.717) is 13.1 Å². The van der Waals surface area contributed by atoms with Crippen LogP contribution in [0.4, 0.5) is 0 Å². The summed E-state index contributed by atoms with van der Waals surface area (Å²) in [6.07, 6.45) is 0. The molecule has 0 aromatic heterocycles. The molecule has 94 valence electrons. The molecule has 1 heterocycles. The fourth-order valence-electron chi connectivity index (χ4n) is 1.77. The number of phenols is 1. The molecule has 0 radical (unpaired) electrons. The number of carbonyl (C=O) groups is 2. The lowest BCUT2D eigenvalue weighted by atomic mass is 10.0. The maximum Gasteiger partial charge on any atom is 0.339 e. The highest BCUT2D eigenvalue weighted by atomic mass is 16.4. The van der Waals surface area contributed by atoms with Crippen LogP contribution < -0.4 is 0 Å². The van der Waals surface area contributed by atoms with Crippen molar-refractivity contribution in [2.75, 3.05) is 20.1 Å². The molecular formula is C12H12N2O4. The van der Waals surface area contributed by atoms with Crippen molar-refractivity contribution in [1.82, 2.24) is 4.90 Å². The molecule has 6 heteroatoms. The molecule has 1 aromatic rings. The van der Waals surface area contributed by atoms with Gasteiger partial charge in [-0.3, -0.25) is 9.79 Å². The summed E-state index contributed by atoms with van der Waals surface area (Å²) in [5.41, 5.74) is 0.0204. The lowest BCUT2D eigenvalue weighted by Gasteiger charge is -2.22. The molecule has 6 nitrogen and oxygen atoms in total. The second kappa shape index (κ2) is 4.48. The van der Waals surface area contributed by atoms with Crippen LogP contribution in [0.2, 0.25) is 0 Å². The van der Waals surface area contributed by atoms with Crippen molar-refractivity contribution in [3.63, 3.8) is 0 Å². The Balaban J connectivity index is 2.52. The number of rotatable bonds is 2. The predicted molar refractivity (Wildman–Crippen MR) is 64.1 cm³/mol. The van der Waals surface area contributed by atoms with Crippen LogP contribution in [-0.2, 0) is 4.79 Å². The first-order valence-electron chi connectivity index (χ1n) is 5.38. The second-order valence-corrected chi connectivity index (χ2v) is 3.96. The van der Waals surface area contributed by atoms with Crippen LogP contribution in [0.5, 0.6) is 5.75 Å². The van der Waals surface area contributed by atoms with E-state index in [9.17, 15) is 14.7 Å². The third-order valence-corrected chi connectivity index (χ3v) is 2.78. The van der Waals surface area contributed by atoms with Gasteiger partial charge in [-0.1, -0.05) is 6.07 Å². The molecule has 0 bridgehead atoms. The minimum atomic E-state index is -1.24. The highest BCUT2D eigenvalue weighted by Gasteiger charge is 2.25. The Labute approximate surface area is 103 Å². The van der Waals surface area contributed by atoms with Gasteiger partial charge in [-0.25, -0.2) is 4.79 Å². The zero-order valence-electron chi connectivity index (χ0n) is 9.75. The summed E-state index contributed by atoms with van der Waals surface area (Å²) in [5, 5.41) is 18.8. The first kappa shape index (κ1) is 12.1. The number of aliphatic imine (C=N–C) groups is 1. The van der Waals surface area contributed by atoms with Crippen LogP contribution >= 0.6 is 0 Å². The van der Waals surface area contributed by atoms with Gasteiger partial charge in [0.2, 0.25) is 0 Å². The minimum Gasteiger partial charge on any atom is -0.506 e. The van der Waals surface area contributed by atoms with Crippen molar-refractivity contribution >= 4 is 17.6 Å². The average Bonchev–Trinajstić information content (AvgIpc) is 2.33. The van der Waals surface area contributed by atoms with Crippen LogP contribution in [-0.4, -0.2) is 52.8 Å². The normalized spacial score (nSPS) is 15.5. The van der Waals surface area contributed by atoms with Crippen molar-refractivity contribution in [2.45, 2.75) is 0 Å². The van der Waals surface area contributed by atoms with Crippen LogP contribution in [0.25, 0.3) is 0 Å². The van der Waals surface area contributed by atoms with Gasteiger partial charge < -0.3 is 15.1 Å². The quantitative estimate of drug-likeness (QED) is 0.790. The van der Waals surface area contributed by atoms with Crippen molar-refractivity contribution in [3.05, 3.63) is 29.3 Å². The second-order valence-electron chi connectivity index (χ2n) is 3.96. The molecule has 2 N–H and O–H groups in total. The molecule has 1 aromatic carbocycles. The molecule has 0 atom stereocenters. The standard InChI is InChI=1S/C12H12N2O4/c1-14-6-5-13-9(11(14)16)7-3-2-4-8(10(7)15)12(17)18/h2-4,15H,5-6H2,1H3,(H,17,18). The van der Waals surface area contributed by atoms with E-state index in [4.69, 9.17) is 5.11 Å². The third kappa shape index (κ3) is 1.92. The van der Waals surface area contributed by atoms with Gasteiger partial charge in [0.15, 0.2) is 0 Å². The van der Waals surface area contributed by atoms with E-state index >= 15 is 0 Å². The maximum atomic E-state index is 11.9. The number of hydrogen-bond donors (Lipinski definition) is 2. The topological polar surface area (TPSA) is 90.2 Å². The van der Waals surface area contributed by atoms with E-state index < -0.39 is 11.7 Å². The summed E-state index contributed by atoms with van der Waals surface area (Å²) in [6, 6.07) is 4.24. The number of aromatic hydroxyl groups is 1. The van der Waals surface area contributed by atoms with Crippen molar-refractivity contribution in [2.24, 2.45) is 4.99 Å². The van der Waals surface area contributed by atoms with Gasteiger partial charge in [0.05, 0.1) is 6.54 Å². The maximum absolute atomic E-state index is 11.9. The molecule has 0 fully saturated rings. The molecule has 1 aliphatic heterocycles. The first-order valence-corrected chi connectivity index (χ1v) is 5.38. The number of hydrogen-bond acceptors (Lipinski definition) is 4. The molecule has 0 saturated heterocycles. The first-order chi connectivity index (χ1) is 8.52. The average molecular weight is 248 g/mol. The smallest absolute Gasteiger partial charge is 0.339 e. The zero-order valence-corrected chi connectivity index (χ0v) is 9.75. The highest BCUT2D eigenvalue weighted by molar-refractivity contribution is 6.46. The third-order valence-electron chi connectivity index (χ3n) is 2.78. The largest absolute Gasteiger partial charge is 0.506 e. The summed E-state index contributed by atoms with van der Waals surface area (Å²) in [4.78, 5) is 28.3. The van der Waals surface area contributed by atoms with Crippen LogP contribution in [0.15, 0.2) is 23.2 Å². The van der Waals surface area contributed by atoms with Crippen molar-refractivity contribution in [1.29, 1.82) is 0 Å². The number of carboxylic acid groups (broad SMARTS) is 1. The molecule has 0 unspecified atom stereocenters. The van der Waals surface area contributed by atoms with E-state index in [2.05, 4.69) is 4.99 Å². The van der Waals surface area contributed by atoms with Crippen molar-refractivity contribution < 1.29 is 19.8 Å². The lowest BCUT2D eigenvalue weighted by molar-refractivity contribution is -0.123. The molecule has 2 rings (SSSR count). The number of benzene rings is 1. The summed E-state index contributed by atoms with van der Waals surface area (Å²) in [6.45, 7) is 0.954. The Morgan fingerprint density at radius 3 is 2.83 bits per heavy atom. The van der Waals surface area contributed by atoms with E-state index in [1.807, 2.05) is 0 Å². The number of para-hydroxylation sites is 1. The molecule has 18 heavy (non-hydrogen) atoms. The van der Waals surface area contributed by atoms with Crippen LogP contribution in [0.3, 0.4) is 0 Å². The fourth-order valence-corrected chi connectivity index (χ4v) is 1.77. The van der Waals surface area contributed by atoms with Crippen molar-refractivity contribution in [3.8, 4) is 5.75 Å². The molecule has 0 aliphatic carbocycles. The summed E-state index contributed by atoms with van der Waals surface area (Å²) in [5.74, 6) is -1.99. The summed E-state index contributed by atoms with van der Waals surface area (Å²) in [7, 11) is 1.63. The number of likely N-dealkylation sites (N-methyl/N-ethyl adjacent to an activating group) is 1. The van der Waals surface area contributed by atoms with Gasteiger partial charge >= 0.3 is 5.97 Å². The lowest BCUT2D eigenvalue weighted by Crippen LogP contribution is -2.39. The van der Waals surface area contributed by atoms with E-state index in [1.165, 1.54) is 23.1 Å². The predicted octanol–water partition coefficient (Wildman–Crippen LogP) is 0.351. The Kier molecular flexibility index (Phi) is 3.01. The molecule has 0 saturated carbocycles. The van der Waals surface area contributed by atoms with E-state index in [0.717, 1.165) is 0 Å². The van der Waals surface area contributed by atoms with Gasteiger partial charge in [-0.05, 0) is 12.1 Å². The highest BCUT2D eigenvalue weighted by Crippen LogP contribution is 2.24. The molecule has 1 amide bonds. The van der Waals surface area contributed by atoms with E-state index in [-0.39, 0.29) is 22.7 Å². The van der Waals surface area contributed by atoms with Gasteiger partial charge in [0, 0.05) is 19.2 Å². The SMILES string of the molecule is CN1CCN=C(c2cccc(C(=O)O)c2O)C1=O. The van der Waals surface area contributed by atoms with Gasteiger partial charge in [0.1, 0.15) is 17.0 Å². The summed E-state index contributed by atoms with van der Waals surface area (Å²) >= 11 is 0. The number of carboxylic acids is 1. The number of amides is 1. The zero-order chi connectivity index (χ0) is 13.3. The fraction of sp³-hybridized carbons (Fsp3) is 0.250. The van der Waals surface area contributed by atoms with Gasteiger partial charge in [-0.15, -0.1) is 0 Å². The Morgan fingerprint density at radius 1 is 1.44 bits per heavy atom. The molecule has 1 aliphatic rings.